The van der Waals surface area contributed by atoms with Crippen molar-refractivity contribution in [3.8, 4) is 0 Å². The lowest BCUT2D eigenvalue weighted by Gasteiger charge is -2.31. The zero-order valence-electron chi connectivity index (χ0n) is 14.5. The molecule has 0 fully saturated rings. The summed E-state index contributed by atoms with van der Waals surface area (Å²) in [4.78, 5) is 58.5. The molecule has 0 aromatic heterocycles. The molecule has 1 amide bonds. The highest BCUT2D eigenvalue weighted by Gasteiger charge is 2.41. The quantitative estimate of drug-likeness (QED) is 0.361. The first kappa shape index (κ1) is 22.1. The topological polar surface area (TPSA) is 116 Å². The number of ether oxygens (including phenoxy) is 2. The van der Waals surface area contributed by atoms with E-state index in [1.807, 2.05) is 0 Å². The van der Waals surface area contributed by atoms with Crippen molar-refractivity contribution in [1.82, 2.24) is 5.32 Å². The maximum Gasteiger partial charge on any atom is 0.330 e. The van der Waals surface area contributed by atoms with E-state index in [1.165, 1.54) is 13.8 Å². The van der Waals surface area contributed by atoms with Crippen LogP contribution >= 0.6 is 11.8 Å². The molecule has 0 saturated heterocycles. The SMILES string of the molecule is CCOC(=O)C(NC(=O)CC)C(C)(C)SC(=O)C(=O)CC(=O)OC. The van der Waals surface area contributed by atoms with Crippen molar-refractivity contribution in [2.24, 2.45) is 0 Å². The number of ketones is 1. The Morgan fingerprint density at radius 3 is 2.17 bits per heavy atom. The van der Waals surface area contributed by atoms with Crippen molar-refractivity contribution < 1.29 is 33.4 Å². The summed E-state index contributed by atoms with van der Waals surface area (Å²) < 4.78 is 8.10. The van der Waals surface area contributed by atoms with Gasteiger partial charge in [-0.3, -0.25) is 19.2 Å². The van der Waals surface area contributed by atoms with Crippen molar-refractivity contribution in [1.29, 1.82) is 0 Å². The Morgan fingerprint density at radius 1 is 1.12 bits per heavy atom. The summed E-state index contributed by atoms with van der Waals surface area (Å²) in [6.07, 6.45) is -0.532. The van der Waals surface area contributed by atoms with E-state index in [0.717, 1.165) is 7.11 Å². The Morgan fingerprint density at radius 2 is 1.71 bits per heavy atom. The molecule has 0 aromatic rings. The molecule has 136 valence electrons. The Balaban J connectivity index is 5.18. The fourth-order valence-corrected chi connectivity index (χ4v) is 2.57. The van der Waals surface area contributed by atoms with E-state index in [4.69, 9.17) is 4.74 Å². The minimum Gasteiger partial charge on any atom is -0.469 e. The van der Waals surface area contributed by atoms with Gasteiger partial charge in [0.2, 0.25) is 11.7 Å². The maximum atomic E-state index is 12.1. The molecule has 0 heterocycles. The van der Waals surface area contributed by atoms with Crippen LogP contribution in [0.1, 0.15) is 40.5 Å². The van der Waals surface area contributed by atoms with Crippen molar-refractivity contribution in [2.45, 2.75) is 51.3 Å². The van der Waals surface area contributed by atoms with Gasteiger partial charge in [0.15, 0.2) is 0 Å². The van der Waals surface area contributed by atoms with Crippen LogP contribution in [0.15, 0.2) is 0 Å². The van der Waals surface area contributed by atoms with E-state index in [1.54, 1.807) is 13.8 Å². The molecule has 0 rings (SSSR count). The van der Waals surface area contributed by atoms with Crippen LogP contribution in [0.5, 0.6) is 0 Å². The van der Waals surface area contributed by atoms with E-state index in [-0.39, 0.29) is 13.0 Å². The predicted octanol–water partition coefficient (Wildman–Crippen LogP) is 0.615. The number of thioether (sulfide) groups is 1. The van der Waals surface area contributed by atoms with Gasteiger partial charge < -0.3 is 14.8 Å². The summed E-state index contributed by atoms with van der Waals surface area (Å²) in [5.41, 5.74) is 0. The second-order valence-corrected chi connectivity index (χ2v) is 6.90. The normalized spacial score (nSPS) is 12.0. The minimum atomic E-state index is -1.15. The molecule has 0 spiro atoms. The van der Waals surface area contributed by atoms with E-state index >= 15 is 0 Å². The molecule has 8 nitrogen and oxygen atoms in total. The minimum absolute atomic E-state index is 0.104. The number of methoxy groups -OCH3 is 1. The molecule has 0 aliphatic rings. The Labute approximate surface area is 145 Å². The molecule has 0 aromatic carbocycles. The largest absolute Gasteiger partial charge is 0.469 e. The molecule has 1 unspecified atom stereocenters. The average molecular weight is 361 g/mol. The van der Waals surface area contributed by atoms with Crippen LogP contribution in [0, 0.1) is 0 Å². The first-order valence-corrected chi connectivity index (χ1v) is 8.19. The first-order chi connectivity index (χ1) is 11.1. The Bertz CT molecular complexity index is 516. The number of hydrogen-bond donors (Lipinski definition) is 1. The highest BCUT2D eigenvalue weighted by molar-refractivity contribution is 8.16. The van der Waals surface area contributed by atoms with Crippen LogP contribution < -0.4 is 5.32 Å². The highest BCUT2D eigenvalue weighted by Crippen LogP contribution is 2.30. The van der Waals surface area contributed by atoms with Crippen molar-refractivity contribution in [3.05, 3.63) is 0 Å². The first-order valence-electron chi connectivity index (χ1n) is 7.37. The van der Waals surface area contributed by atoms with E-state index in [9.17, 15) is 24.0 Å². The lowest BCUT2D eigenvalue weighted by Crippen LogP contribution is -2.53. The predicted molar refractivity (Wildman–Crippen MR) is 87.2 cm³/mol. The molecule has 0 aliphatic carbocycles. The third-order valence-electron chi connectivity index (χ3n) is 2.96. The van der Waals surface area contributed by atoms with Gasteiger partial charge in [-0.15, -0.1) is 0 Å². The summed E-state index contributed by atoms with van der Waals surface area (Å²) >= 11 is 0.565. The van der Waals surface area contributed by atoms with Crippen LogP contribution in [0.2, 0.25) is 0 Å². The number of esters is 2. The van der Waals surface area contributed by atoms with Crippen molar-refractivity contribution >= 4 is 40.5 Å². The molecule has 24 heavy (non-hydrogen) atoms. The fraction of sp³-hybridized carbons (Fsp3) is 0.667. The lowest BCUT2D eigenvalue weighted by molar-refractivity contribution is -0.148. The summed E-state index contributed by atoms with van der Waals surface area (Å²) in [6, 6.07) is -1.12. The zero-order chi connectivity index (χ0) is 18.9. The Hall–Kier alpha value is -1.90. The standard InChI is InChI=1S/C15H23NO7S/c1-6-10(18)16-12(13(20)23-7-2)15(3,4)24-14(21)9(17)8-11(19)22-5/h12H,6-8H2,1-5H3,(H,16,18). The number of carbonyl (C=O) groups excluding carboxylic acids is 5. The maximum absolute atomic E-state index is 12.1. The third-order valence-corrected chi connectivity index (χ3v) is 4.13. The number of hydrogen-bond acceptors (Lipinski definition) is 8. The zero-order valence-corrected chi connectivity index (χ0v) is 15.3. The van der Waals surface area contributed by atoms with Gasteiger partial charge in [-0.1, -0.05) is 18.7 Å². The van der Waals surface area contributed by atoms with E-state index in [0.29, 0.717) is 11.8 Å². The van der Waals surface area contributed by atoms with Crippen LogP contribution in [0.4, 0.5) is 0 Å². The van der Waals surface area contributed by atoms with Gasteiger partial charge in [-0.05, 0) is 20.8 Å². The van der Waals surface area contributed by atoms with Crippen LogP contribution in [-0.4, -0.2) is 53.2 Å². The monoisotopic (exact) mass is 361 g/mol. The van der Waals surface area contributed by atoms with E-state index in [2.05, 4.69) is 10.1 Å². The third kappa shape index (κ3) is 7.12. The number of rotatable bonds is 9. The summed E-state index contributed by atoms with van der Waals surface area (Å²) in [5.74, 6) is -2.86. The molecule has 0 aliphatic heterocycles. The van der Waals surface area contributed by atoms with Gasteiger partial charge in [0.1, 0.15) is 12.5 Å². The second-order valence-electron chi connectivity index (χ2n) is 5.28. The van der Waals surface area contributed by atoms with Crippen LogP contribution in [0.3, 0.4) is 0 Å². The summed E-state index contributed by atoms with van der Waals surface area (Å²) in [7, 11) is 1.11. The molecule has 0 saturated carbocycles. The molecule has 9 heteroatoms. The molecule has 0 radical (unpaired) electrons. The van der Waals surface area contributed by atoms with Gasteiger partial charge in [0, 0.05) is 11.2 Å². The van der Waals surface area contributed by atoms with Gasteiger partial charge in [-0.2, -0.15) is 0 Å². The van der Waals surface area contributed by atoms with Gasteiger partial charge in [0.25, 0.3) is 5.12 Å². The number of amides is 1. The number of carbonyl (C=O) groups is 5. The second kappa shape index (κ2) is 10.1. The molecule has 1 N–H and O–H groups in total. The summed E-state index contributed by atoms with van der Waals surface area (Å²) in [6.45, 7) is 6.38. The molecular weight excluding hydrogens is 338 g/mol. The smallest absolute Gasteiger partial charge is 0.330 e. The average Bonchev–Trinajstić information content (AvgIpc) is 2.51. The van der Waals surface area contributed by atoms with E-state index < -0.39 is 46.0 Å². The fourth-order valence-electron chi connectivity index (χ4n) is 1.64. The van der Waals surface area contributed by atoms with Crippen molar-refractivity contribution in [2.75, 3.05) is 13.7 Å². The molecular formula is C15H23NO7S. The molecule has 0 bridgehead atoms. The Kier molecular flexibility index (Phi) is 9.27. The van der Waals surface area contributed by atoms with Crippen LogP contribution in [-0.2, 0) is 33.4 Å². The van der Waals surface area contributed by atoms with Gasteiger partial charge in [0.05, 0.1) is 13.7 Å². The number of Topliss-reactive ketones (excluding diaryl/α,β-unsaturated/α-hetero) is 1. The number of nitrogens with one attached hydrogen (secondary N) is 1. The van der Waals surface area contributed by atoms with Gasteiger partial charge in [-0.25, -0.2) is 4.79 Å². The summed E-state index contributed by atoms with van der Waals surface area (Å²) in [5, 5.41) is 1.60. The highest BCUT2D eigenvalue weighted by atomic mass is 32.2. The van der Waals surface area contributed by atoms with Gasteiger partial charge >= 0.3 is 11.9 Å². The van der Waals surface area contributed by atoms with Crippen LogP contribution in [0.25, 0.3) is 0 Å². The lowest BCUT2D eigenvalue weighted by atomic mass is 10.0. The van der Waals surface area contributed by atoms with Crippen molar-refractivity contribution in [3.63, 3.8) is 0 Å². The molecule has 1 atom stereocenters.